The molecule has 0 heterocycles. The Bertz CT molecular complexity index is 534. The molecule has 1 aromatic rings. The van der Waals surface area contributed by atoms with E-state index in [0.29, 0.717) is 13.0 Å². The van der Waals surface area contributed by atoms with E-state index in [0.717, 1.165) is 0 Å². The number of methoxy groups -OCH3 is 1. The number of rotatable bonds is 6. The van der Waals surface area contributed by atoms with Crippen LogP contribution in [-0.2, 0) is 14.8 Å². The maximum Gasteiger partial charge on any atom is 0.242 e. The van der Waals surface area contributed by atoms with Gasteiger partial charge in [0.05, 0.1) is 17.1 Å². The molecule has 0 amide bonds. The van der Waals surface area contributed by atoms with Gasteiger partial charge in [-0.25, -0.2) is 13.1 Å². The van der Waals surface area contributed by atoms with Gasteiger partial charge in [-0.3, -0.25) is 0 Å². The van der Waals surface area contributed by atoms with Crippen molar-refractivity contribution in [1.82, 2.24) is 4.72 Å². The Labute approximate surface area is 107 Å². The minimum Gasteiger partial charge on any atom is -0.383 e. The van der Waals surface area contributed by atoms with E-state index in [2.05, 4.69) is 4.72 Å². The molecular weight excluding hydrogens is 252 g/mol. The summed E-state index contributed by atoms with van der Waals surface area (Å²) in [6, 6.07) is 7.69. The van der Waals surface area contributed by atoms with E-state index in [1.54, 1.807) is 12.1 Å². The first-order valence-electron chi connectivity index (χ1n) is 5.55. The molecule has 0 fully saturated rings. The molecule has 5 nitrogen and oxygen atoms in total. The lowest BCUT2D eigenvalue weighted by Gasteiger charge is -2.16. The molecule has 1 N–H and O–H groups in total. The van der Waals surface area contributed by atoms with Gasteiger partial charge in [0.1, 0.15) is 6.07 Å². The summed E-state index contributed by atoms with van der Waals surface area (Å²) in [4.78, 5) is 0.00190. The predicted molar refractivity (Wildman–Crippen MR) is 67.4 cm³/mol. The second kappa shape index (κ2) is 6.50. The van der Waals surface area contributed by atoms with Crippen LogP contribution in [0, 0.1) is 11.3 Å². The molecule has 0 aliphatic heterocycles. The fourth-order valence-corrected chi connectivity index (χ4v) is 2.97. The summed E-state index contributed by atoms with van der Waals surface area (Å²) in [5.74, 6) is 0. The Morgan fingerprint density at radius 2 is 2.11 bits per heavy atom. The van der Waals surface area contributed by atoms with Crippen molar-refractivity contribution in [2.45, 2.75) is 24.3 Å². The second-order valence-electron chi connectivity index (χ2n) is 3.79. The van der Waals surface area contributed by atoms with E-state index in [1.807, 2.05) is 13.0 Å². The largest absolute Gasteiger partial charge is 0.383 e. The number of hydrogen-bond acceptors (Lipinski definition) is 4. The Morgan fingerprint density at radius 3 is 2.67 bits per heavy atom. The molecule has 1 atom stereocenters. The monoisotopic (exact) mass is 268 g/mol. The molecule has 6 heteroatoms. The summed E-state index contributed by atoms with van der Waals surface area (Å²) < 4.78 is 31.7. The van der Waals surface area contributed by atoms with Gasteiger partial charge in [-0.15, -0.1) is 0 Å². The van der Waals surface area contributed by atoms with Crippen LogP contribution in [0.2, 0.25) is 0 Å². The number of ether oxygens (including phenoxy) is 1. The van der Waals surface area contributed by atoms with Crippen LogP contribution in [-0.4, -0.2) is 28.2 Å². The van der Waals surface area contributed by atoms with Gasteiger partial charge in [-0.1, -0.05) is 19.1 Å². The first-order chi connectivity index (χ1) is 8.55. The summed E-state index contributed by atoms with van der Waals surface area (Å²) in [6.45, 7) is 2.16. The third-order valence-corrected chi connectivity index (χ3v) is 4.06. The zero-order valence-electron chi connectivity index (χ0n) is 10.4. The third kappa shape index (κ3) is 3.53. The lowest BCUT2D eigenvalue weighted by Crippen LogP contribution is -2.37. The molecular formula is C12H16N2O3S. The zero-order chi connectivity index (χ0) is 13.6. The molecule has 0 saturated carbocycles. The Hall–Kier alpha value is -1.42. The summed E-state index contributed by atoms with van der Waals surface area (Å²) in [7, 11) is -2.17. The average molecular weight is 268 g/mol. The third-order valence-electron chi connectivity index (χ3n) is 2.48. The van der Waals surface area contributed by atoms with E-state index in [-0.39, 0.29) is 16.5 Å². The van der Waals surface area contributed by atoms with Gasteiger partial charge in [-0.05, 0) is 18.6 Å². The van der Waals surface area contributed by atoms with Crippen LogP contribution in [0.3, 0.4) is 0 Å². The topological polar surface area (TPSA) is 79.2 Å². The van der Waals surface area contributed by atoms with Gasteiger partial charge in [-0.2, -0.15) is 5.26 Å². The lowest BCUT2D eigenvalue weighted by atomic mass is 10.2. The minimum absolute atomic E-state index is 0.00190. The van der Waals surface area contributed by atoms with E-state index < -0.39 is 10.0 Å². The lowest BCUT2D eigenvalue weighted by molar-refractivity contribution is 0.173. The maximum atomic E-state index is 12.1. The van der Waals surface area contributed by atoms with Crippen molar-refractivity contribution in [2.24, 2.45) is 0 Å². The van der Waals surface area contributed by atoms with Crippen LogP contribution < -0.4 is 4.72 Å². The quantitative estimate of drug-likeness (QED) is 0.842. The summed E-state index contributed by atoms with van der Waals surface area (Å²) >= 11 is 0. The van der Waals surface area contributed by atoms with Crippen LogP contribution in [0.5, 0.6) is 0 Å². The summed E-state index contributed by atoms with van der Waals surface area (Å²) in [5.41, 5.74) is 0.136. The highest BCUT2D eigenvalue weighted by Crippen LogP contribution is 2.15. The number of hydrogen-bond donors (Lipinski definition) is 1. The molecule has 0 aliphatic rings. The van der Waals surface area contributed by atoms with Gasteiger partial charge in [0.15, 0.2) is 0 Å². The number of nitriles is 1. The van der Waals surface area contributed by atoms with Crippen LogP contribution in [0.1, 0.15) is 18.9 Å². The molecule has 1 rings (SSSR count). The molecule has 0 aliphatic carbocycles. The molecule has 0 aromatic heterocycles. The van der Waals surface area contributed by atoms with Gasteiger partial charge in [0, 0.05) is 13.2 Å². The fraction of sp³-hybridized carbons (Fsp3) is 0.417. The molecule has 0 spiro atoms. The Balaban J connectivity index is 3.03. The average Bonchev–Trinajstić information content (AvgIpc) is 2.38. The van der Waals surface area contributed by atoms with Gasteiger partial charge >= 0.3 is 0 Å². The highest BCUT2D eigenvalue weighted by Gasteiger charge is 2.21. The summed E-state index contributed by atoms with van der Waals surface area (Å²) in [6.07, 6.45) is 0.613. The van der Waals surface area contributed by atoms with Gasteiger partial charge in [0.2, 0.25) is 10.0 Å². The van der Waals surface area contributed by atoms with Crippen molar-refractivity contribution < 1.29 is 13.2 Å². The van der Waals surface area contributed by atoms with Crippen molar-refractivity contribution >= 4 is 10.0 Å². The second-order valence-corrected chi connectivity index (χ2v) is 5.47. The molecule has 0 bridgehead atoms. The standard InChI is InChI=1S/C12H16N2O3S/c1-3-11(9-17-2)14-18(15,16)12-7-5-4-6-10(12)8-13/h4-7,11,14H,3,9H2,1-2H3. The zero-order valence-corrected chi connectivity index (χ0v) is 11.2. The van der Waals surface area contributed by atoms with Crippen molar-refractivity contribution in [1.29, 1.82) is 5.26 Å². The fourth-order valence-electron chi connectivity index (χ4n) is 1.51. The SMILES string of the molecule is CCC(COC)NS(=O)(=O)c1ccccc1C#N. The van der Waals surface area contributed by atoms with Crippen LogP contribution >= 0.6 is 0 Å². The minimum atomic E-state index is -3.69. The van der Waals surface area contributed by atoms with Crippen molar-refractivity contribution in [3.63, 3.8) is 0 Å². The molecule has 1 unspecified atom stereocenters. The van der Waals surface area contributed by atoms with E-state index in [1.165, 1.54) is 19.2 Å². The summed E-state index contributed by atoms with van der Waals surface area (Å²) in [5, 5.41) is 8.91. The molecule has 0 radical (unpaired) electrons. The highest BCUT2D eigenvalue weighted by molar-refractivity contribution is 7.89. The smallest absolute Gasteiger partial charge is 0.242 e. The van der Waals surface area contributed by atoms with Crippen LogP contribution in [0.25, 0.3) is 0 Å². The number of benzene rings is 1. The van der Waals surface area contributed by atoms with E-state index in [9.17, 15) is 8.42 Å². The highest BCUT2D eigenvalue weighted by atomic mass is 32.2. The van der Waals surface area contributed by atoms with Gasteiger partial charge < -0.3 is 4.74 Å². The normalized spacial score (nSPS) is 12.9. The van der Waals surface area contributed by atoms with Crippen LogP contribution in [0.4, 0.5) is 0 Å². The first kappa shape index (κ1) is 14.6. The van der Waals surface area contributed by atoms with Crippen LogP contribution in [0.15, 0.2) is 29.2 Å². The van der Waals surface area contributed by atoms with Crippen molar-refractivity contribution in [3.05, 3.63) is 29.8 Å². The molecule has 98 valence electrons. The van der Waals surface area contributed by atoms with Crippen molar-refractivity contribution in [3.8, 4) is 6.07 Å². The van der Waals surface area contributed by atoms with E-state index >= 15 is 0 Å². The first-order valence-corrected chi connectivity index (χ1v) is 7.03. The van der Waals surface area contributed by atoms with Crippen molar-refractivity contribution in [2.75, 3.05) is 13.7 Å². The number of sulfonamides is 1. The molecule has 1 aromatic carbocycles. The number of nitrogens with one attached hydrogen (secondary N) is 1. The number of nitrogens with zero attached hydrogens (tertiary/aromatic N) is 1. The molecule has 18 heavy (non-hydrogen) atoms. The van der Waals surface area contributed by atoms with E-state index in [4.69, 9.17) is 10.00 Å². The maximum absolute atomic E-state index is 12.1. The Kier molecular flexibility index (Phi) is 5.28. The van der Waals surface area contributed by atoms with Gasteiger partial charge in [0.25, 0.3) is 0 Å². The molecule has 0 saturated heterocycles. The predicted octanol–water partition coefficient (Wildman–Crippen LogP) is 1.26. The Morgan fingerprint density at radius 1 is 1.44 bits per heavy atom.